The number of piperazine rings is 3. The van der Waals surface area contributed by atoms with Crippen LogP contribution in [0.15, 0.2) is 0 Å². The molecule has 0 aliphatic carbocycles. The molecule has 3 saturated heterocycles. The highest BCUT2D eigenvalue weighted by molar-refractivity contribution is 14.1. The van der Waals surface area contributed by atoms with E-state index >= 15 is 0 Å². The van der Waals surface area contributed by atoms with Crippen LogP contribution >= 0.6 is 22.6 Å². The van der Waals surface area contributed by atoms with Crippen molar-refractivity contribution in [1.82, 2.24) is 19.8 Å². The van der Waals surface area contributed by atoms with Gasteiger partial charge in [0.05, 0.1) is 15.3 Å². The molecular formula is C13H20IN5. The van der Waals surface area contributed by atoms with Gasteiger partial charge in [0.25, 0.3) is 0 Å². The molecule has 0 radical (unpaired) electrons. The molecule has 2 bridgehead atoms. The number of nitrogen functional groups attached to an aromatic ring is 1. The first-order chi connectivity index (χ1) is 9.06. The monoisotopic (exact) mass is 373 g/mol. The first-order valence-electron chi connectivity index (χ1n) is 6.85. The van der Waals surface area contributed by atoms with Gasteiger partial charge in [-0.1, -0.05) is 13.8 Å². The van der Waals surface area contributed by atoms with E-state index in [0.717, 1.165) is 34.7 Å². The third kappa shape index (κ3) is 2.45. The lowest BCUT2D eigenvalue weighted by atomic mass is 10.1. The van der Waals surface area contributed by atoms with Gasteiger partial charge in [0.15, 0.2) is 0 Å². The zero-order valence-corrected chi connectivity index (χ0v) is 13.6. The van der Waals surface area contributed by atoms with E-state index in [1.54, 1.807) is 0 Å². The van der Waals surface area contributed by atoms with Crippen LogP contribution in [0.4, 0.5) is 5.82 Å². The van der Waals surface area contributed by atoms with Crippen LogP contribution in [-0.4, -0.2) is 52.5 Å². The fourth-order valence-electron chi connectivity index (χ4n) is 2.90. The van der Waals surface area contributed by atoms with E-state index in [2.05, 4.69) is 51.2 Å². The molecule has 1 aromatic heterocycles. The van der Waals surface area contributed by atoms with Gasteiger partial charge in [0.2, 0.25) is 0 Å². The number of aromatic nitrogens is 2. The Labute approximate surface area is 127 Å². The van der Waals surface area contributed by atoms with Gasteiger partial charge < -0.3 is 5.73 Å². The highest BCUT2D eigenvalue weighted by Crippen LogP contribution is 2.30. The molecular weight excluding hydrogens is 353 g/mol. The van der Waals surface area contributed by atoms with E-state index in [1.165, 1.54) is 13.1 Å². The van der Waals surface area contributed by atoms with Gasteiger partial charge in [-0.25, -0.2) is 9.97 Å². The zero-order valence-electron chi connectivity index (χ0n) is 11.4. The van der Waals surface area contributed by atoms with Crippen molar-refractivity contribution >= 4 is 28.4 Å². The molecule has 3 fully saturated rings. The van der Waals surface area contributed by atoms with E-state index in [-0.39, 0.29) is 0 Å². The van der Waals surface area contributed by atoms with Crippen LogP contribution in [-0.2, 0) is 0 Å². The Bertz CT molecular complexity index is 482. The molecule has 104 valence electrons. The summed E-state index contributed by atoms with van der Waals surface area (Å²) in [5, 5.41) is 0. The third-order valence-electron chi connectivity index (χ3n) is 4.04. The molecule has 0 aromatic carbocycles. The molecule has 3 aliphatic rings. The van der Waals surface area contributed by atoms with Crippen molar-refractivity contribution in [1.29, 1.82) is 0 Å². The molecule has 6 heteroatoms. The predicted molar refractivity (Wildman–Crippen MR) is 84.0 cm³/mol. The number of anilines is 1. The van der Waals surface area contributed by atoms with Crippen LogP contribution in [0.3, 0.4) is 0 Å². The summed E-state index contributed by atoms with van der Waals surface area (Å²) in [6.07, 6.45) is 0. The predicted octanol–water partition coefficient (Wildman–Crippen LogP) is 1.46. The Balaban J connectivity index is 1.97. The van der Waals surface area contributed by atoms with Crippen molar-refractivity contribution in [2.45, 2.75) is 25.8 Å². The number of nitrogens with two attached hydrogens (primary N) is 1. The molecule has 1 aromatic rings. The van der Waals surface area contributed by atoms with E-state index in [0.29, 0.717) is 17.8 Å². The maximum Gasteiger partial charge on any atom is 0.149 e. The molecule has 3 aliphatic heterocycles. The van der Waals surface area contributed by atoms with Gasteiger partial charge in [0, 0.05) is 32.7 Å². The summed E-state index contributed by atoms with van der Waals surface area (Å²) in [7, 11) is 0. The fraction of sp³-hybridized carbons (Fsp3) is 0.692. The zero-order chi connectivity index (χ0) is 13.6. The molecule has 0 amide bonds. The van der Waals surface area contributed by atoms with Crippen LogP contribution in [0.25, 0.3) is 0 Å². The second-order valence-electron chi connectivity index (χ2n) is 5.67. The van der Waals surface area contributed by atoms with Crippen LogP contribution in [0.1, 0.15) is 37.3 Å². The Morgan fingerprint density at radius 2 is 1.89 bits per heavy atom. The third-order valence-corrected chi connectivity index (χ3v) is 5.15. The van der Waals surface area contributed by atoms with Crippen LogP contribution in [0, 0.1) is 3.57 Å². The standard InChI is InChI=1S/C13H20IN5/c1-8(2)11-10(14)12(15)17-13(16-11)9-7-18-3-5-19(9)6-4-18/h8-9H,3-7H2,1-2H3,(H2,15,16,17). The van der Waals surface area contributed by atoms with Crippen molar-refractivity contribution < 1.29 is 0 Å². The fourth-order valence-corrected chi connectivity index (χ4v) is 3.76. The number of hydrogen-bond donors (Lipinski definition) is 1. The second kappa shape index (κ2) is 5.14. The number of halogens is 1. The van der Waals surface area contributed by atoms with Crippen LogP contribution in [0.5, 0.6) is 0 Å². The maximum absolute atomic E-state index is 6.07. The summed E-state index contributed by atoms with van der Waals surface area (Å²) in [5.41, 5.74) is 7.16. The average molecular weight is 373 g/mol. The Hall–Kier alpha value is -0.470. The highest BCUT2D eigenvalue weighted by Gasteiger charge is 2.35. The quantitative estimate of drug-likeness (QED) is 0.796. The molecule has 4 heterocycles. The van der Waals surface area contributed by atoms with Crippen molar-refractivity contribution in [3.05, 3.63) is 15.1 Å². The van der Waals surface area contributed by atoms with E-state index < -0.39 is 0 Å². The molecule has 0 saturated carbocycles. The second-order valence-corrected chi connectivity index (χ2v) is 6.75. The number of fused-ring (bicyclic) bond motifs is 3. The SMILES string of the molecule is CC(C)c1nc(C2CN3CCN2CC3)nc(N)c1I. The Morgan fingerprint density at radius 1 is 1.21 bits per heavy atom. The lowest BCUT2D eigenvalue weighted by molar-refractivity contribution is 0.00859. The first kappa shape index (κ1) is 13.5. The normalized spacial score (nSPS) is 30.0. The van der Waals surface area contributed by atoms with Crippen molar-refractivity contribution in [2.24, 2.45) is 0 Å². The molecule has 5 nitrogen and oxygen atoms in total. The molecule has 2 N–H and O–H groups in total. The minimum Gasteiger partial charge on any atom is -0.383 e. The number of nitrogens with zero attached hydrogens (tertiary/aromatic N) is 4. The van der Waals surface area contributed by atoms with E-state index in [1.807, 2.05) is 0 Å². The van der Waals surface area contributed by atoms with E-state index in [9.17, 15) is 0 Å². The lowest BCUT2D eigenvalue weighted by Crippen LogP contribution is -2.57. The molecule has 19 heavy (non-hydrogen) atoms. The summed E-state index contributed by atoms with van der Waals surface area (Å²) in [6, 6.07) is 0.319. The van der Waals surface area contributed by atoms with Gasteiger partial charge >= 0.3 is 0 Å². The van der Waals surface area contributed by atoms with Gasteiger partial charge in [-0.15, -0.1) is 0 Å². The topological polar surface area (TPSA) is 58.3 Å². The highest BCUT2D eigenvalue weighted by atomic mass is 127. The summed E-state index contributed by atoms with van der Waals surface area (Å²) < 4.78 is 1.01. The van der Waals surface area contributed by atoms with E-state index in [4.69, 9.17) is 10.7 Å². The number of rotatable bonds is 2. The maximum atomic E-state index is 6.07. The molecule has 4 rings (SSSR count). The smallest absolute Gasteiger partial charge is 0.149 e. The van der Waals surface area contributed by atoms with Gasteiger partial charge in [-0.2, -0.15) is 0 Å². The van der Waals surface area contributed by atoms with Gasteiger partial charge in [-0.3, -0.25) is 9.80 Å². The van der Waals surface area contributed by atoms with Crippen molar-refractivity contribution in [3.8, 4) is 0 Å². The van der Waals surface area contributed by atoms with Crippen molar-refractivity contribution in [3.63, 3.8) is 0 Å². The van der Waals surface area contributed by atoms with Crippen molar-refractivity contribution in [2.75, 3.05) is 38.5 Å². The minimum absolute atomic E-state index is 0.319. The summed E-state index contributed by atoms with van der Waals surface area (Å²) in [5.74, 6) is 1.92. The lowest BCUT2D eigenvalue weighted by Gasteiger charge is -2.46. The Kier molecular flexibility index (Phi) is 3.65. The minimum atomic E-state index is 0.319. The molecule has 1 atom stereocenters. The summed E-state index contributed by atoms with van der Waals surface area (Å²) >= 11 is 2.26. The molecule has 1 unspecified atom stereocenters. The first-order valence-corrected chi connectivity index (χ1v) is 7.93. The summed E-state index contributed by atoms with van der Waals surface area (Å²) in [6.45, 7) is 9.95. The van der Waals surface area contributed by atoms with Crippen LogP contribution in [0.2, 0.25) is 0 Å². The summed E-state index contributed by atoms with van der Waals surface area (Å²) in [4.78, 5) is 14.3. The van der Waals surface area contributed by atoms with Crippen LogP contribution < -0.4 is 5.73 Å². The van der Waals surface area contributed by atoms with Gasteiger partial charge in [0.1, 0.15) is 11.6 Å². The largest absolute Gasteiger partial charge is 0.383 e. The Morgan fingerprint density at radius 3 is 2.42 bits per heavy atom. The molecule has 0 spiro atoms. The average Bonchev–Trinajstić information content (AvgIpc) is 2.42. The number of hydrogen-bond acceptors (Lipinski definition) is 5. The van der Waals surface area contributed by atoms with Gasteiger partial charge in [-0.05, 0) is 28.5 Å².